The predicted molar refractivity (Wildman–Crippen MR) is 190 cm³/mol. The second kappa shape index (κ2) is 13.3. The molecular weight excluding hydrogens is 607 g/mol. The lowest BCUT2D eigenvalue weighted by atomic mass is 9.50. The van der Waals surface area contributed by atoms with Gasteiger partial charge in [-0.3, -0.25) is 0 Å². The van der Waals surface area contributed by atoms with Gasteiger partial charge >= 0.3 is 13.2 Å². The van der Waals surface area contributed by atoms with Crippen molar-refractivity contribution in [3.63, 3.8) is 0 Å². The summed E-state index contributed by atoms with van der Waals surface area (Å²) in [6, 6.07) is 11.7. The molecule has 1 aromatic carbocycles. The maximum atomic E-state index is 12.9. The van der Waals surface area contributed by atoms with Crippen LogP contribution in [-0.2, 0) is 30.8 Å². The van der Waals surface area contributed by atoms with Crippen molar-refractivity contribution in [1.29, 1.82) is 0 Å². The summed E-state index contributed by atoms with van der Waals surface area (Å²) in [5.74, 6) is 0.260. The Hall–Kier alpha value is -2.73. The van der Waals surface area contributed by atoms with Gasteiger partial charge in [-0.1, -0.05) is 67.7 Å². The molecule has 2 saturated heterocycles. The van der Waals surface area contributed by atoms with Crippen LogP contribution in [0.2, 0.25) is 25.7 Å². The number of ether oxygens (including phenoxy) is 2. The highest BCUT2D eigenvalue weighted by Crippen LogP contribution is 2.50. The molecule has 1 aromatic heterocycles. The summed E-state index contributed by atoms with van der Waals surface area (Å²) in [6.07, 6.45) is 8.43. The van der Waals surface area contributed by atoms with Gasteiger partial charge in [0.1, 0.15) is 5.60 Å². The van der Waals surface area contributed by atoms with Crippen molar-refractivity contribution in [1.82, 2.24) is 19.9 Å². The molecule has 0 bridgehead atoms. The molecule has 0 spiro atoms. The van der Waals surface area contributed by atoms with E-state index in [2.05, 4.69) is 88.9 Å². The minimum Gasteiger partial charge on any atom is -0.444 e. The number of nitrogens with zero attached hydrogens (tertiary/aromatic N) is 4. The number of benzene rings is 1. The smallest absolute Gasteiger partial charge is 0.444 e. The molecule has 1 aliphatic carbocycles. The molecule has 1 unspecified atom stereocenters. The lowest BCUT2D eigenvalue weighted by molar-refractivity contribution is 0.00578. The Morgan fingerprint density at radius 2 is 1.68 bits per heavy atom. The highest BCUT2D eigenvalue weighted by Gasteiger charge is 2.61. The van der Waals surface area contributed by atoms with E-state index in [0.717, 1.165) is 24.6 Å². The van der Waals surface area contributed by atoms with Crippen molar-refractivity contribution in [3.8, 4) is 0 Å². The Kier molecular flexibility index (Phi) is 10.1. The van der Waals surface area contributed by atoms with Gasteiger partial charge in [-0.05, 0) is 90.8 Å². The molecule has 1 amide bonds. The molecule has 5 rings (SSSR count). The molecule has 256 valence electrons. The molecule has 2 aliphatic heterocycles. The summed E-state index contributed by atoms with van der Waals surface area (Å²) in [7, 11) is -1.78. The number of carbonyl (C=O) groups is 1. The van der Waals surface area contributed by atoms with Crippen LogP contribution in [-0.4, -0.2) is 77.7 Å². The van der Waals surface area contributed by atoms with Crippen LogP contribution in [0, 0.1) is 5.92 Å². The molecule has 1 atom stereocenters. The van der Waals surface area contributed by atoms with E-state index in [0.29, 0.717) is 32.8 Å². The summed E-state index contributed by atoms with van der Waals surface area (Å²) in [5.41, 5.74) is 2.97. The topological polar surface area (TPSA) is 87.9 Å². The van der Waals surface area contributed by atoms with Gasteiger partial charge in [0.15, 0.2) is 6.73 Å². The van der Waals surface area contributed by atoms with E-state index < -0.39 is 37.3 Å². The summed E-state index contributed by atoms with van der Waals surface area (Å²) < 4.78 is 25.3. The van der Waals surface area contributed by atoms with Crippen LogP contribution in [0.4, 0.5) is 4.79 Å². The molecule has 11 heteroatoms. The normalized spacial score (nSPS) is 23.4. The maximum Gasteiger partial charge on any atom is 0.475 e. The number of allylic oxidation sites excluding steroid dienone is 4. The second-order valence-corrected chi connectivity index (χ2v) is 22.3. The van der Waals surface area contributed by atoms with Gasteiger partial charge in [0.2, 0.25) is 0 Å². The number of carbonyl (C=O) groups excluding carboxylic acids is 1. The summed E-state index contributed by atoms with van der Waals surface area (Å²) in [5, 5.41) is 8.97. The SMILES string of the molecule is CC(C)(C)OC(=O)N1CCC(C2=C(c3ccccc3)C=CC(B3OC(C)(C)C(C)(C)O3)(c3cnn(COCC[Si](C)(C)C)n3)C2)CC1. The third-order valence-corrected chi connectivity index (χ3v) is 11.7. The van der Waals surface area contributed by atoms with E-state index in [1.807, 2.05) is 37.9 Å². The zero-order valence-electron chi connectivity index (χ0n) is 30.3. The van der Waals surface area contributed by atoms with Gasteiger partial charge in [0.05, 0.1) is 28.4 Å². The fraction of sp³-hybridized carbons (Fsp3) is 0.639. The summed E-state index contributed by atoms with van der Waals surface area (Å²) >= 11 is 0. The Morgan fingerprint density at radius 3 is 2.28 bits per heavy atom. The van der Waals surface area contributed by atoms with Crippen molar-refractivity contribution in [2.45, 2.75) is 122 Å². The summed E-state index contributed by atoms with van der Waals surface area (Å²) in [6.45, 7) is 23.4. The van der Waals surface area contributed by atoms with Crippen LogP contribution in [0.25, 0.3) is 5.57 Å². The lowest BCUT2D eigenvalue weighted by Gasteiger charge is -2.40. The zero-order chi connectivity index (χ0) is 34.3. The molecule has 3 aliphatic rings. The van der Waals surface area contributed by atoms with Crippen LogP contribution in [0.3, 0.4) is 0 Å². The van der Waals surface area contributed by atoms with E-state index in [1.54, 1.807) is 4.80 Å². The van der Waals surface area contributed by atoms with Crippen LogP contribution >= 0.6 is 0 Å². The van der Waals surface area contributed by atoms with Gasteiger partial charge < -0.3 is 23.7 Å². The first-order chi connectivity index (χ1) is 21.9. The highest BCUT2D eigenvalue weighted by atomic mass is 28.3. The van der Waals surface area contributed by atoms with Crippen LogP contribution in [0.5, 0.6) is 0 Å². The maximum absolute atomic E-state index is 12.9. The van der Waals surface area contributed by atoms with Gasteiger partial charge in [-0.2, -0.15) is 15.0 Å². The summed E-state index contributed by atoms with van der Waals surface area (Å²) in [4.78, 5) is 16.4. The average Bonchev–Trinajstić information content (AvgIpc) is 3.55. The van der Waals surface area contributed by atoms with Crippen molar-refractivity contribution in [2.75, 3.05) is 19.7 Å². The monoisotopic (exact) mass is 662 g/mol. The number of aromatic nitrogens is 3. The van der Waals surface area contributed by atoms with Gasteiger partial charge in [-0.25, -0.2) is 4.79 Å². The molecule has 0 radical (unpaired) electrons. The van der Waals surface area contributed by atoms with Gasteiger partial charge in [0.25, 0.3) is 0 Å². The lowest BCUT2D eigenvalue weighted by Crippen LogP contribution is -2.47. The molecule has 47 heavy (non-hydrogen) atoms. The number of piperidine rings is 1. The fourth-order valence-corrected chi connectivity index (χ4v) is 7.17. The van der Waals surface area contributed by atoms with E-state index in [1.165, 1.54) is 16.7 Å². The molecule has 0 saturated carbocycles. The van der Waals surface area contributed by atoms with Crippen molar-refractivity contribution in [3.05, 3.63) is 65.5 Å². The average molecular weight is 663 g/mol. The Labute approximate surface area is 283 Å². The number of hydrogen-bond acceptors (Lipinski definition) is 7. The van der Waals surface area contributed by atoms with Crippen LogP contribution in [0.1, 0.15) is 79.0 Å². The molecule has 9 nitrogen and oxygen atoms in total. The zero-order valence-corrected chi connectivity index (χ0v) is 31.3. The van der Waals surface area contributed by atoms with Crippen LogP contribution < -0.4 is 0 Å². The second-order valence-electron chi connectivity index (χ2n) is 16.6. The first-order valence-electron chi connectivity index (χ1n) is 17.2. The standard InChI is InChI=1S/C36H55BN4O5Si/c1-33(2,3)44-32(42)40-20-17-28(18-21-40)30-24-36(37-45-34(4,5)35(6,7)46-37,19-16-29(30)27-14-12-11-13-15-27)31-25-38-41(39-31)26-43-22-23-47(8,9)10/h11-16,19,25,28H,17-18,20-24,26H2,1-10H3. The molecule has 3 heterocycles. The van der Waals surface area contributed by atoms with Crippen LogP contribution in [0.15, 0.2) is 54.3 Å². The first kappa shape index (κ1) is 35.6. The first-order valence-corrected chi connectivity index (χ1v) is 20.9. The third kappa shape index (κ3) is 8.12. The fourth-order valence-electron chi connectivity index (χ4n) is 6.42. The van der Waals surface area contributed by atoms with E-state index in [9.17, 15) is 4.79 Å². The Balaban J connectivity index is 1.48. The van der Waals surface area contributed by atoms with E-state index in [4.69, 9.17) is 23.9 Å². The largest absolute Gasteiger partial charge is 0.475 e. The quantitative estimate of drug-likeness (QED) is 0.203. The Bertz CT molecular complexity index is 1450. The minimum absolute atomic E-state index is 0.244. The highest BCUT2D eigenvalue weighted by molar-refractivity contribution is 6.76. The molecule has 2 fully saturated rings. The number of rotatable bonds is 9. The Morgan fingerprint density at radius 1 is 1.04 bits per heavy atom. The van der Waals surface area contributed by atoms with Crippen molar-refractivity contribution < 1.29 is 23.6 Å². The predicted octanol–water partition coefficient (Wildman–Crippen LogP) is 7.52. The molecule has 2 aromatic rings. The third-order valence-electron chi connectivity index (χ3n) is 9.99. The van der Waals surface area contributed by atoms with Gasteiger partial charge in [-0.15, -0.1) is 0 Å². The number of hydrogen-bond donors (Lipinski definition) is 0. The number of likely N-dealkylation sites (tertiary alicyclic amines) is 1. The molecule has 0 N–H and O–H groups in total. The van der Waals surface area contributed by atoms with Crippen molar-refractivity contribution >= 4 is 26.9 Å². The number of amides is 1. The van der Waals surface area contributed by atoms with E-state index in [-0.39, 0.29) is 12.0 Å². The minimum atomic E-state index is -1.21. The van der Waals surface area contributed by atoms with Gasteiger partial charge in [0, 0.05) is 27.8 Å². The van der Waals surface area contributed by atoms with E-state index >= 15 is 0 Å². The van der Waals surface area contributed by atoms with Crippen molar-refractivity contribution in [2.24, 2.45) is 5.92 Å². The molecular formula is C36H55BN4O5Si.